The average molecular weight is 244 g/mol. The van der Waals surface area contributed by atoms with E-state index in [2.05, 4.69) is 0 Å². The lowest BCUT2D eigenvalue weighted by Gasteiger charge is -2.38. The topological polar surface area (TPSA) is 52.6 Å². The van der Waals surface area contributed by atoms with E-state index in [0.717, 1.165) is 16.7 Å². The Labute approximate surface area is 99.1 Å². The first-order valence-electron chi connectivity index (χ1n) is 5.75. The number of rotatable bonds is 4. The van der Waals surface area contributed by atoms with Crippen LogP contribution in [0.2, 0.25) is 5.54 Å². The van der Waals surface area contributed by atoms with E-state index in [4.69, 9.17) is 9.47 Å². The van der Waals surface area contributed by atoms with Crippen LogP contribution in [0.1, 0.15) is 34.1 Å². The van der Waals surface area contributed by atoms with Crippen LogP contribution in [-0.4, -0.2) is 34.4 Å². The van der Waals surface area contributed by atoms with Gasteiger partial charge >= 0.3 is 11.9 Å². The average Bonchev–Trinajstić information content (AvgIpc) is 2.41. The van der Waals surface area contributed by atoms with E-state index in [-0.39, 0.29) is 5.54 Å². The smallest absolute Gasteiger partial charge is 0.346 e. The number of carbonyl (C=O) groups excluding carboxylic acids is 2. The molecule has 0 bridgehead atoms. The molecule has 5 heteroatoms. The molecule has 0 aromatic rings. The molecule has 0 N–H and O–H groups in total. The second kappa shape index (κ2) is 4.29. The molecule has 92 valence electrons. The number of hydrogen-bond donors (Lipinski definition) is 0. The predicted octanol–water partition coefficient (Wildman–Crippen LogP) is 0.435. The maximum Gasteiger partial charge on any atom is 0.346 e. The Hall–Kier alpha value is -0.683. The fourth-order valence-corrected chi connectivity index (χ4v) is 3.06. The molecule has 0 spiro atoms. The van der Waals surface area contributed by atoms with Crippen LogP contribution < -0.4 is 0 Å². The third-order valence-electron chi connectivity index (χ3n) is 4.02. The lowest BCUT2D eigenvalue weighted by Crippen LogP contribution is -2.51. The van der Waals surface area contributed by atoms with Crippen LogP contribution >= 0.6 is 0 Å². The zero-order chi connectivity index (χ0) is 12.6. The monoisotopic (exact) mass is 244 g/mol. The highest BCUT2D eigenvalue weighted by Crippen LogP contribution is 2.50. The molecular formula is C11H20O4Si. The van der Waals surface area contributed by atoms with E-state index >= 15 is 0 Å². The molecule has 0 saturated carbocycles. The minimum absolute atomic E-state index is 0.169. The maximum atomic E-state index is 11.9. The second-order valence-electron chi connectivity index (χ2n) is 4.65. The lowest BCUT2D eigenvalue weighted by atomic mass is 9.72. The van der Waals surface area contributed by atoms with Gasteiger partial charge in [0.2, 0.25) is 0 Å². The summed E-state index contributed by atoms with van der Waals surface area (Å²) >= 11 is 0. The van der Waals surface area contributed by atoms with Gasteiger partial charge in [-0.05, 0) is 26.3 Å². The molecule has 0 aromatic heterocycles. The van der Waals surface area contributed by atoms with Gasteiger partial charge in [0.25, 0.3) is 0 Å². The fourth-order valence-electron chi connectivity index (χ4n) is 2.27. The molecule has 1 aliphatic heterocycles. The zero-order valence-corrected chi connectivity index (χ0v) is 12.6. The van der Waals surface area contributed by atoms with E-state index < -0.39 is 23.0 Å². The minimum atomic E-state index is -1.12. The molecule has 0 aliphatic carbocycles. The molecule has 1 aliphatic rings. The van der Waals surface area contributed by atoms with E-state index in [1.54, 1.807) is 13.8 Å². The number of cyclic esters (lactones) is 2. The van der Waals surface area contributed by atoms with Crippen LogP contribution in [0.15, 0.2) is 0 Å². The molecule has 1 rings (SSSR count). The van der Waals surface area contributed by atoms with Crippen molar-refractivity contribution >= 4 is 22.2 Å². The van der Waals surface area contributed by atoms with E-state index in [9.17, 15) is 9.59 Å². The first kappa shape index (κ1) is 13.4. The zero-order valence-electron chi connectivity index (χ0n) is 10.6. The Bertz CT molecular complexity index is 317. The molecule has 0 radical (unpaired) electrons. The third kappa shape index (κ3) is 1.53. The van der Waals surface area contributed by atoms with Gasteiger partial charge in [0.05, 0.1) is 0 Å². The van der Waals surface area contributed by atoms with Crippen LogP contribution in [0.25, 0.3) is 0 Å². The van der Waals surface area contributed by atoms with E-state index in [1.165, 1.54) is 0 Å². The van der Waals surface area contributed by atoms with Crippen LogP contribution in [-0.2, 0) is 19.1 Å². The highest BCUT2D eigenvalue weighted by Gasteiger charge is 2.66. The predicted molar refractivity (Wildman–Crippen MR) is 63.2 cm³/mol. The Kier molecular flexibility index (Phi) is 3.59. The van der Waals surface area contributed by atoms with Crippen LogP contribution in [0.4, 0.5) is 0 Å². The Morgan fingerprint density at radius 2 is 1.88 bits per heavy atom. The summed E-state index contributed by atoms with van der Waals surface area (Å²) in [6.07, 6.45) is 0.855. The maximum absolute atomic E-state index is 11.9. The molecule has 4 nitrogen and oxygen atoms in total. The molecule has 1 fully saturated rings. The summed E-state index contributed by atoms with van der Waals surface area (Å²) in [5, 5.41) is 0. The van der Waals surface area contributed by atoms with Crippen molar-refractivity contribution in [3.05, 3.63) is 0 Å². The summed E-state index contributed by atoms with van der Waals surface area (Å²) in [6, 6.07) is 0. The third-order valence-corrected chi connectivity index (χ3v) is 5.99. The largest absolute Gasteiger partial charge is 0.390 e. The number of esters is 2. The van der Waals surface area contributed by atoms with Crippen molar-refractivity contribution in [2.45, 2.75) is 45.3 Å². The summed E-state index contributed by atoms with van der Waals surface area (Å²) in [5.74, 6) is -0.980. The van der Waals surface area contributed by atoms with Crippen molar-refractivity contribution in [3.8, 4) is 0 Å². The molecule has 16 heavy (non-hydrogen) atoms. The highest BCUT2D eigenvalue weighted by molar-refractivity contribution is 6.17. The van der Waals surface area contributed by atoms with Crippen molar-refractivity contribution < 1.29 is 19.1 Å². The SMILES string of the molecule is CCOC1(C)C(=O)OC(=O)C1(C)C([SiH3])CC. The minimum Gasteiger partial charge on any atom is -0.390 e. The molecule has 1 heterocycles. The van der Waals surface area contributed by atoms with Gasteiger partial charge in [0, 0.05) is 16.8 Å². The van der Waals surface area contributed by atoms with Gasteiger partial charge in [-0.2, -0.15) is 0 Å². The summed E-state index contributed by atoms with van der Waals surface area (Å²) in [4.78, 5) is 23.7. The molecular weight excluding hydrogens is 224 g/mol. The van der Waals surface area contributed by atoms with Crippen molar-refractivity contribution in [2.75, 3.05) is 6.61 Å². The van der Waals surface area contributed by atoms with Gasteiger partial charge in [-0.25, -0.2) is 4.79 Å². The van der Waals surface area contributed by atoms with Crippen LogP contribution in [0, 0.1) is 5.41 Å². The van der Waals surface area contributed by atoms with Crippen LogP contribution in [0.3, 0.4) is 0 Å². The molecule has 3 atom stereocenters. The second-order valence-corrected chi connectivity index (χ2v) is 6.05. The highest BCUT2D eigenvalue weighted by atomic mass is 28.1. The Morgan fingerprint density at radius 1 is 1.31 bits per heavy atom. The van der Waals surface area contributed by atoms with Crippen molar-refractivity contribution in [3.63, 3.8) is 0 Å². The summed E-state index contributed by atoms with van der Waals surface area (Å²) < 4.78 is 10.3. The van der Waals surface area contributed by atoms with Gasteiger partial charge in [-0.1, -0.05) is 13.3 Å². The quantitative estimate of drug-likeness (QED) is 0.409. The summed E-state index contributed by atoms with van der Waals surface area (Å²) in [6.45, 7) is 7.69. The lowest BCUT2D eigenvalue weighted by molar-refractivity contribution is -0.162. The van der Waals surface area contributed by atoms with Crippen molar-refractivity contribution in [2.24, 2.45) is 5.41 Å². The van der Waals surface area contributed by atoms with Gasteiger partial charge < -0.3 is 9.47 Å². The summed E-state index contributed by atoms with van der Waals surface area (Å²) in [7, 11) is 0.831. The first-order chi connectivity index (χ1) is 7.34. The van der Waals surface area contributed by atoms with E-state index in [0.29, 0.717) is 6.61 Å². The number of hydrogen-bond acceptors (Lipinski definition) is 4. The summed E-state index contributed by atoms with van der Waals surface area (Å²) in [5.41, 5.74) is -1.79. The van der Waals surface area contributed by atoms with Gasteiger partial charge in [0.1, 0.15) is 5.41 Å². The number of ether oxygens (including phenoxy) is 2. The molecule has 0 aromatic carbocycles. The molecule has 0 amide bonds. The Morgan fingerprint density at radius 3 is 2.31 bits per heavy atom. The fraction of sp³-hybridized carbons (Fsp3) is 0.818. The number of carbonyl (C=O) groups is 2. The van der Waals surface area contributed by atoms with Gasteiger partial charge in [0.15, 0.2) is 5.60 Å². The molecule has 3 unspecified atom stereocenters. The van der Waals surface area contributed by atoms with Crippen LogP contribution in [0.5, 0.6) is 0 Å². The molecule has 1 saturated heterocycles. The van der Waals surface area contributed by atoms with Gasteiger partial charge in [-0.3, -0.25) is 4.79 Å². The van der Waals surface area contributed by atoms with E-state index in [1.807, 2.05) is 13.8 Å². The standard InChI is InChI=1S/C11H20O4Si/c1-5-7(16)10(3)8(12)15-9(13)11(10,4)14-6-2/h7H,5-6H2,1-4,16H3. The van der Waals surface area contributed by atoms with Crippen molar-refractivity contribution in [1.82, 2.24) is 0 Å². The van der Waals surface area contributed by atoms with Gasteiger partial charge in [-0.15, -0.1) is 0 Å². The Balaban J connectivity index is 3.21. The first-order valence-corrected chi connectivity index (χ1v) is 6.90. The van der Waals surface area contributed by atoms with Crippen molar-refractivity contribution in [1.29, 1.82) is 0 Å². The normalized spacial score (nSPS) is 36.5.